The summed E-state index contributed by atoms with van der Waals surface area (Å²) in [6.45, 7) is 4.08. The summed E-state index contributed by atoms with van der Waals surface area (Å²) in [5.74, 6) is -0.767. The molecule has 19 heavy (non-hydrogen) atoms. The van der Waals surface area contributed by atoms with E-state index >= 15 is 0 Å². The zero-order chi connectivity index (χ0) is 14.3. The lowest BCUT2D eigenvalue weighted by Gasteiger charge is -2.20. The second-order valence-corrected chi connectivity index (χ2v) is 5.37. The molecule has 0 saturated heterocycles. The number of aliphatic carboxylic acids is 1. The third-order valence-corrected chi connectivity index (χ3v) is 3.34. The number of benzene rings is 1. The van der Waals surface area contributed by atoms with Crippen molar-refractivity contribution < 1.29 is 9.90 Å². The van der Waals surface area contributed by atoms with Crippen molar-refractivity contribution in [3.8, 4) is 0 Å². The first-order valence-corrected chi connectivity index (χ1v) is 7.14. The monoisotopic (exact) mass is 283 g/mol. The molecule has 0 aliphatic carbocycles. The van der Waals surface area contributed by atoms with Crippen molar-refractivity contribution >= 4 is 17.6 Å². The molecule has 2 atom stereocenters. The van der Waals surface area contributed by atoms with E-state index in [1.165, 1.54) is 0 Å². The van der Waals surface area contributed by atoms with Gasteiger partial charge >= 0.3 is 5.97 Å². The third kappa shape index (κ3) is 6.08. The summed E-state index contributed by atoms with van der Waals surface area (Å²) in [6, 6.07) is 7.33. The van der Waals surface area contributed by atoms with Crippen molar-refractivity contribution in [3.05, 3.63) is 34.9 Å². The molecule has 1 unspecified atom stereocenters. The number of halogens is 1. The molecule has 0 heterocycles. The van der Waals surface area contributed by atoms with Crippen LogP contribution in [-0.4, -0.2) is 23.2 Å². The minimum absolute atomic E-state index is 0.124. The summed E-state index contributed by atoms with van der Waals surface area (Å²) in [7, 11) is 0. The molecule has 0 aromatic heterocycles. The minimum Gasteiger partial charge on any atom is -0.480 e. The lowest BCUT2D eigenvalue weighted by Crippen LogP contribution is -2.42. The Morgan fingerprint density at radius 3 is 2.53 bits per heavy atom. The number of carboxylic acids is 1. The first kappa shape index (κ1) is 16.0. The number of carboxylic acid groups (broad SMARTS) is 1. The molecule has 0 aliphatic rings. The number of carbonyl (C=O) groups is 1. The largest absolute Gasteiger partial charge is 0.480 e. The first-order chi connectivity index (χ1) is 9.02. The topological polar surface area (TPSA) is 49.3 Å². The average Bonchev–Trinajstić information content (AvgIpc) is 2.37. The number of unbranched alkanes of at least 4 members (excludes halogenated alkanes) is 1. The molecule has 1 rings (SSSR count). The molecule has 0 spiro atoms. The van der Waals surface area contributed by atoms with Crippen LogP contribution in [0.25, 0.3) is 0 Å². The minimum atomic E-state index is -0.767. The Morgan fingerprint density at radius 2 is 2.00 bits per heavy atom. The van der Waals surface area contributed by atoms with Gasteiger partial charge in [-0.15, -0.1) is 0 Å². The molecule has 1 aromatic carbocycles. The zero-order valence-corrected chi connectivity index (χ0v) is 12.3. The van der Waals surface area contributed by atoms with Crippen molar-refractivity contribution in [3.63, 3.8) is 0 Å². The Kier molecular flexibility index (Phi) is 6.89. The Labute approximate surface area is 120 Å². The van der Waals surface area contributed by atoms with Crippen LogP contribution in [-0.2, 0) is 11.2 Å². The van der Waals surface area contributed by atoms with Crippen LogP contribution in [0.2, 0.25) is 5.02 Å². The molecule has 4 heteroatoms. The fourth-order valence-electron chi connectivity index (χ4n) is 2.06. The normalized spacial score (nSPS) is 14.1. The Hall–Kier alpha value is -1.06. The van der Waals surface area contributed by atoms with E-state index < -0.39 is 12.0 Å². The highest BCUT2D eigenvalue weighted by Gasteiger charge is 2.18. The first-order valence-electron chi connectivity index (χ1n) is 6.76. The highest BCUT2D eigenvalue weighted by Crippen LogP contribution is 2.11. The fourth-order valence-corrected chi connectivity index (χ4v) is 2.19. The van der Waals surface area contributed by atoms with E-state index in [1.54, 1.807) is 0 Å². The van der Waals surface area contributed by atoms with Crippen LogP contribution in [0.4, 0.5) is 0 Å². The van der Waals surface area contributed by atoms with E-state index in [2.05, 4.69) is 12.2 Å². The number of hydrogen-bond acceptors (Lipinski definition) is 2. The average molecular weight is 284 g/mol. The lowest BCUT2D eigenvalue weighted by atomic mass is 10.0. The van der Waals surface area contributed by atoms with Gasteiger partial charge in [-0.2, -0.15) is 0 Å². The molecule has 0 aliphatic heterocycles. The van der Waals surface area contributed by atoms with E-state index in [0.717, 1.165) is 29.8 Å². The van der Waals surface area contributed by atoms with E-state index in [4.69, 9.17) is 11.6 Å². The molecule has 3 nitrogen and oxygen atoms in total. The standard InChI is InChI=1S/C15H22ClNO2/c1-3-4-5-14(15(18)19)17-11(2)10-12-6-8-13(16)9-7-12/h6-9,11,14,17H,3-5,10H2,1-2H3,(H,18,19)/t11?,14-/m0/s1. The van der Waals surface area contributed by atoms with Crippen LogP contribution in [0.1, 0.15) is 38.7 Å². The maximum atomic E-state index is 11.2. The fraction of sp³-hybridized carbons (Fsp3) is 0.533. The van der Waals surface area contributed by atoms with Crippen molar-refractivity contribution in [1.82, 2.24) is 5.32 Å². The van der Waals surface area contributed by atoms with Gasteiger partial charge in [0.1, 0.15) is 6.04 Å². The maximum Gasteiger partial charge on any atom is 0.320 e. The third-order valence-electron chi connectivity index (χ3n) is 3.09. The van der Waals surface area contributed by atoms with Gasteiger partial charge in [0.25, 0.3) is 0 Å². The van der Waals surface area contributed by atoms with Crippen molar-refractivity contribution in [1.29, 1.82) is 0 Å². The Bertz CT molecular complexity index is 392. The molecule has 1 aromatic rings. The molecular formula is C15H22ClNO2. The summed E-state index contributed by atoms with van der Waals surface area (Å²) < 4.78 is 0. The van der Waals surface area contributed by atoms with Crippen LogP contribution in [0.15, 0.2) is 24.3 Å². The highest BCUT2D eigenvalue weighted by atomic mass is 35.5. The van der Waals surface area contributed by atoms with Crippen LogP contribution in [0.5, 0.6) is 0 Å². The van der Waals surface area contributed by atoms with Crippen molar-refractivity contribution in [2.45, 2.75) is 51.6 Å². The molecule has 0 amide bonds. The smallest absolute Gasteiger partial charge is 0.320 e. The molecule has 0 bridgehead atoms. The molecular weight excluding hydrogens is 262 g/mol. The van der Waals surface area contributed by atoms with Crippen LogP contribution in [0, 0.1) is 0 Å². The van der Waals surface area contributed by atoms with Gasteiger partial charge in [-0.3, -0.25) is 4.79 Å². The molecule has 106 valence electrons. The van der Waals surface area contributed by atoms with Gasteiger partial charge in [0, 0.05) is 11.1 Å². The Morgan fingerprint density at radius 1 is 1.37 bits per heavy atom. The van der Waals surface area contributed by atoms with Crippen LogP contribution in [0.3, 0.4) is 0 Å². The van der Waals surface area contributed by atoms with Crippen LogP contribution < -0.4 is 5.32 Å². The number of nitrogens with one attached hydrogen (secondary N) is 1. The zero-order valence-electron chi connectivity index (χ0n) is 11.5. The number of rotatable bonds is 8. The lowest BCUT2D eigenvalue weighted by molar-refractivity contribution is -0.139. The van der Waals surface area contributed by atoms with Gasteiger partial charge in [-0.25, -0.2) is 0 Å². The second-order valence-electron chi connectivity index (χ2n) is 4.93. The van der Waals surface area contributed by atoms with Gasteiger partial charge < -0.3 is 10.4 Å². The molecule has 0 saturated carbocycles. The quantitative estimate of drug-likeness (QED) is 0.768. The highest BCUT2D eigenvalue weighted by molar-refractivity contribution is 6.30. The summed E-state index contributed by atoms with van der Waals surface area (Å²) >= 11 is 5.84. The van der Waals surface area contributed by atoms with Gasteiger partial charge in [0.15, 0.2) is 0 Å². The van der Waals surface area contributed by atoms with Crippen molar-refractivity contribution in [2.75, 3.05) is 0 Å². The van der Waals surface area contributed by atoms with E-state index in [-0.39, 0.29) is 6.04 Å². The predicted octanol–water partition coefficient (Wildman–Crippen LogP) is 3.50. The van der Waals surface area contributed by atoms with Gasteiger partial charge in [-0.1, -0.05) is 43.5 Å². The summed E-state index contributed by atoms with van der Waals surface area (Å²) in [6.07, 6.45) is 3.42. The van der Waals surface area contributed by atoms with Crippen LogP contribution >= 0.6 is 11.6 Å². The van der Waals surface area contributed by atoms with E-state index in [0.29, 0.717) is 6.42 Å². The summed E-state index contributed by atoms with van der Waals surface area (Å²) in [5, 5.41) is 13.1. The van der Waals surface area contributed by atoms with E-state index in [1.807, 2.05) is 31.2 Å². The van der Waals surface area contributed by atoms with E-state index in [9.17, 15) is 9.90 Å². The predicted molar refractivity (Wildman–Crippen MR) is 78.7 cm³/mol. The van der Waals surface area contributed by atoms with Gasteiger partial charge in [-0.05, 0) is 37.5 Å². The SMILES string of the molecule is CCCC[C@H](NC(C)Cc1ccc(Cl)cc1)C(=O)O. The maximum absolute atomic E-state index is 11.2. The number of hydrogen-bond donors (Lipinski definition) is 2. The van der Waals surface area contributed by atoms with Gasteiger partial charge in [0.2, 0.25) is 0 Å². The van der Waals surface area contributed by atoms with Crippen molar-refractivity contribution in [2.24, 2.45) is 0 Å². The molecule has 0 radical (unpaired) electrons. The molecule has 2 N–H and O–H groups in total. The molecule has 0 fully saturated rings. The second kappa shape index (κ2) is 8.18. The van der Waals surface area contributed by atoms with Gasteiger partial charge in [0.05, 0.1) is 0 Å². The summed E-state index contributed by atoms with van der Waals surface area (Å²) in [5.41, 5.74) is 1.16. The summed E-state index contributed by atoms with van der Waals surface area (Å²) in [4.78, 5) is 11.2. The Balaban J connectivity index is 2.49.